The SMILES string of the molecule is Cc1cnc(C(C)N2C(=O)C(C(C)C)NC(=O)C2C)o1. The lowest BCUT2D eigenvalue weighted by atomic mass is 9.97. The average Bonchev–Trinajstić information content (AvgIpc) is 2.80. The molecule has 1 aliphatic heterocycles. The van der Waals surface area contributed by atoms with Crippen LogP contribution in [0.2, 0.25) is 0 Å². The van der Waals surface area contributed by atoms with Gasteiger partial charge in [-0.25, -0.2) is 4.98 Å². The Labute approximate surface area is 118 Å². The highest BCUT2D eigenvalue weighted by molar-refractivity contribution is 5.97. The molecule has 0 saturated carbocycles. The van der Waals surface area contributed by atoms with Gasteiger partial charge in [-0.2, -0.15) is 0 Å². The Kier molecular flexibility index (Phi) is 3.83. The van der Waals surface area contributed by atoms with E-state index < -0.39 is 12.1 Å². The number of nitrogens with one attached hydrogen (secondary N) is 1. The van der Waals surface area contributed by atoms with Crippen LogP contribution < -0.4 is 5.32 Å². The molecule has 1 aromatic heterocycles. The molecular formula is C14H21N3O3. The zero-order chi connectivity index (χ0) is 15.0. The van der Waals surface area contributed by atoms with E-state index in [2.05, 4.69) is 10.3 Å². The van der Waals surface area contributed by atoms with Gasteiger partial charge in [0.25, 0.3) is 0 Å². The zero-order valence-corrected chi connectivity index (χ0v) is 12.5. The van der Waals surface area contributed by atoms with E-state index in [4.69, 9.17) is 4.42 Å². The number of aryl methyl sites for hydroxylation is 1. The van der Waals surface area contributed by atoms with Crippen molar-refractivity contribution in [3.63, 3.8) is 0 Å². The van der Waals surface area contributed by atoms with Gasteiger partial charge in [0.1, 0.15) is 23.9 Å². The normalized spacial score (nSPS) is 25.0. The van der Waals surface area contributed by atoms with Crippen molar-refractivity contribution in [3.05, 3.63) is 17.8 Å². The molecule has 1 aliphatic rings. The van der Waals surface area contributed by atoms with Gasteiger partial charge in [0.2, 0.25) is 17.7 Å². The number of amides is 2. The molecule has 6 heteroatoms. The van der Waals surface area contributed by atoms with Crippen LogP contribution in [0.3, 0.4) is 0 Å². The molecule has 3 atom stereocenters. The first-order chi connectivity index (χ1) is 9.32. The molecule has 0 radical (unpaired) electrons. The molecule has 1 aromatic rings. The van der Waals surface area contributed by atoms with E-state index in [1.165, 1.54) is 0 Å². The maximum atomic E-state index is 12.6. The van der Waals surface area contributed by atoms with E-state index in [1.54, 1.807) is 24.9 Å². The van der Waals surface area contributed by atoms with Gasteiger partial charge >= 0.3 is 0 Å². The summed E-state index contributed by atoms with van der Waals surface area (Å²) < 4.78 is 5.49. The molecule has 0 spiro atoms. The molecule has 2 rings (SSSR count). The molecule has 1 N–H and O–H groups in total. The maximum absolute atomic E-state index is 12.6. The summed E-state index contributed by atoms with van der Waals surface area (Å²) in [7, 11) is 0. The molecular weight excluding hydrogens is 258 g/mol. The molecule has 20 heavy (non-hydrogen) atoms. The number of piperazine rings is 1. The van der Waals surface area contributed by atoms with Crippen LogP contribution in [0.4, 0.5) is 0 Å². The van der Waals surface area contributed by atoms with Crippen molar-refractivity contribution >= 4 is 11.8 Å². The van der Waals surface area contributed by atoms with E-state index in [0.29, 0.717) is 11.7 Å². The van der Waals surface area contributed by atoms with Crippen molar-refractivity contribution in [2.75, 3.05) is 0 Å². The van der Waals surface area contributed by atoms with Crippen LogP contribution in [0.15, 0.2) is 10.6 Å². The lowest BCUT2D eigenvalue weighted by Gasteiger charge is -2.41. The van der Waals surface area contributed by atoms with Crippen LogP contribution in [0.1, 0.15) is 45.4 Å². The Morgan fingerprint density at radius 1 is 1.35 bits per heavy atom. The second kappa shape index (κ2) is 5.26. The van der Waals surface area contributed by atoms with Crippen LogP contribution in [0, 0.1) is 12.8 Å². The van der Waals surface area contributed by atoms with Gasteiger partial charge in [-0.3, -0.25) is 9.59 Å². The second-order valence-corrected chi connectivity index (χ2v) is 5.64. The summed E-state index contributed by atoms with van der Waals surface area (Å²) in [6.45, 7) is 9.17. The van der Waals surface area contributed by atoms with Crippen LogP contribution in [0.5, 0.6) is 0 Å². The number of carbonyl (C=O) groups excluding carboxylic acids is 2. The minimum Gasteiger partial charge on any atom is -0.444 e. The predicted octanol–water partition coefficient (Wildman–Crippen LogP) is 1.42. The first-order valence-corrected chi connectivity index (χ1v) is 6.87. The Morgan fingerprint density at radius 2 is 2.00 bits per heavy atom. The monoisotopic (exact) mass is 279 g/mol. The fourth-order valence-electron chi connectivity index (χ4n) is 2.48. The molecule has 2 amide bonds. The van der Waals surface area contributed by atoms with Crippen molar-refractivity contribution in [2.24, 2.45) is 5.92 Å². The highest BCUT2D eigenvalue weighted by atomic mass is 16.4. The van der Waals surface area contributed by atoms with E-state index in [1.807, 2.05) is 20.8 Å². The topological polar surface area (TPSA) is 75.4 Å². The minimum absolute atomic E-state index is 0.0416. The van der Waals surface area contributed by atoms with Gasteiger partial charge in [0.15, 0.2) is 0 Å². The molecule has 0 bridgehead atoms. The largest absolute Gasteiger partial charge is 0.444 e. The molecule has 3 unspecified atom stereocenters. The van der Waals surface area contributed by atoms with Crippen LogP contribution in [-0.2, 0) is 9.59 Å². The van der Waals surface area contributed by atoms with Crippen molar-refractivity contribution in [1.82, 2.24) is 15.2 Å². The summed E-state index contributed by atoms with van der Waals surface area (Å²) in [6.07, 6.45) is 1.62. The number of aromatic nitrogens is 1. The van der Waals surface area contributed by atoms with Crippen LogP contribution in [0.25, 0.3) is 0 Å². The zero-order valence-electron chi connectivity index (χ0n) is 12.5. The first-order valence-electron chi connectivity index (χ1n) is 6.87. The van der Waals surface area contributed by atoms with Gasteiger partial charge in [-0.05, 0) is 26.7 Å². The number of rotatable bonds is 3. The third-order valence-electron chi connectivity index (χ3n) is 3.70. The quantitative estimate of drug-likeness (QED) is 0.908. The highest BCUT2D eigenvalue weighted by Crippen LogP contribution is 2.26. The van der Waals surface area contributed by atoms with Crippen molar-refractivity contribution < 1.29 is 14.0 Å². The molecule has 1 saturated heterocycles. The second-order valence-electron chi connectivity index (χ2n) is 5.64. The Bertz CT molecular complexity index is 523. The first kappa shape index (κ1) is 14.6. The third kappa shape index (κ3) is 2.42. The number of nitrogens with zero attached hydrogens (tertiary/aromatic N) is 2. The molecule has 6 nitrogen and oxygen atoms in total. The lowest BCUT2D eigenvalue weighted by molar-refractivity contribution is -0.153. The summed E-state index contributed by atoms with van der Waals surface area (Å²) in [5, 5.41) is 2.78. The van der Waals surface area contributed by atoms with Crippen molar-refractivity contribution in [2.45, 2.75) is 52.7 Å². The van der Waals surface area contributed by atoms with Crippen LogP contribution >= 0.6 is 0 Å². The third-order valence-corrected chi connectivity index (χ3v) is 3.70. The van der Waals surface area contributed by atoms with Crippen molar-refractivity contribution in [1.29, 1.82) is 0 Å². The summed E-state index contributed by atoms with van der Waals surface area (Å²) >= 11 is 0. The Balaban J connectivity index is 2.31. The summed E-state index contributed by atoms with van der Waals surface area (Å²) in [4.78, 5) is 30.4. The summed E-state index contributed by atoms with van der Waals surface area (Å²) in [6, 6.07) is -1.38. The number of carbonyl (C=O) groups is 2. The standard InChI is InChI=1S/C14H21N3O3/c1-7(2)11-14(19)17(9(4)12(18)16-11)10(5)13-15-6-8(3)20-13/h6-7,9-11H,1-5H3,(H,16,18). The van der Waals surface area contributed by atoms with Gasteiger partial charge in [0.05, 0.1) is 6.20 Å². The minimum atomic E-state index is -0.528. The van der Waals surface area contributed by atoms with Crippen LogP contribution in [-0.4, -0.2) is 33.8 Å². The van der Waals surface area contributed by atoms with E-state index >= 15 is 0 Å². The molecule has 110 valence electrons. The maximum Gasteiger partial charge on any atom is 0.246 e. The molecule has 1 fully saturated rings. The Morgan fingerprint density at radius 3 is 2.50 bits per heavy atom. The number of hydrogen-bond acceptors (Lipinski definition) is 4. The summed E-state index contributed by atoms with van der Waals surface area (Å²) in [5.41, 5.74) is 0. The lowest BCUT2D eigenvalue weighted by Crippen LogP contribution is -2.64. The highest BCUT2D eigenvalue weighted by Gasteiger charge is 2.42. The van der Waals surface area contributed by atoms with Gasteiger partial charge in [-0.1, -0.05) is 13.8 Å². The molecule has 0 aliphatic carbocycles. The number of oxazole rings is 1. The van der Waals surface area contributed by atoms with E-state index in [0.717, 1.165) is 0 Å². The fraction of sp³-hybridized carbons (Fsp3) is 0.643. The predicted molar refractivity (Wildman–Crippen MR) is 72.7 cm³/mol. The number of hydrogen-bond donors (Lipinski definition) is 1. The van der Waals surface area contributed by atoms with Gasteiger partial charge < -0.3 is 14.6 Å². The molecule has 2 heterocycles. The smallest absolute Gasteiger partial charge is 0.246 e. The molecule has 0 aromatic carbocycles. The van der Waals surface area contributed by atoms with Gasteiger partial charge in [0, 0.05) is 0 Å². The van der Waals surface area contributed by atoms with Crippen molar-refractivity contribution in [3.8, 4) is 0 Å². The van der Waals surface area contributed by atoms with E-state index in [-0.39, 0.29) is 23.8 Å². The van der Waals surface area contributed by atoms with E-state index in [9.17, 15) is 9.59 Å². The fourth-order valence-corrected chi connectivity index (χ4v) is 2.48. The Hall–Kier alpha value is -1.85. The van der Waals surface area contributed by atoms with Gasteiger partial charge in [-0.15, -0.1) is 0 Å². The summed E-state index contributed by atoms with van der Waals surface area (Å²) in [5.74, 6) is 0.961. The average molecular weight is 279 g/mol.